The second kappa shape index (κ2) is 8.17. The van der Waals surface area contributed by atoms with Crippen LogP contribution in [0, 0.1) is 0 Å². The zero-order valence-corrected chi connectivity index (χ0v) is 14.2. The van der Waals surface area contributed by atoms with Gasteiger partial charge >= 0.3 is 0 Å². The molecule has 1 amide bonds. The Hall–Kier alpha value is -1.79. The Kier molecular flexibility index (Phi) is 6.24. The van der Waals surface area contributed by atoms with Crippen molar-refractivity contribution in [1.29, 1.82) is 0 Å². The first-order valence-corrected chi connectivity index (χ1v) is 8.22. The normalized spacial score (nSPS) is 16.8. The molecule has 1 aromatic carbocycles. The fourth-order valence-corrected chi connectivity index (χ4v) is 3.02. The van der Waals surface area contributed by atoms with Crippen LogP contribution in [0.4, 0.5) is 0 Å². The van der Waals surface area contributed by atoms with Crippen molar-refractivity contribution in [2.24, 2.45) is 0 Å². The fraction of sp³-hybridized carbons (Fsp3) is 0.588. The van der Waals surface area contributed by atoms with Crippen LogP contribution in [0.2, 0.25) is 0 Å². The number of carbonyl (C=O) groups excluding carboxylic acids is 1. The van der Waals surface area contributed by atoms with Crippen molar-refractivity contribution >= 4 is 5.91 Å². The molecular formula is C17H27N3O3. The van der Waals surface area contributed by atoms with Gasteiger partial charge in [0.05, 0.1) is 7.11 Å². The maximum Gasteiger partial charge on any atom is 0.244 e. The first kappa shape index (κ1) is 17.6. The number of aromatic hydroxyl groups is 1. The van der Waals surface area contributed by atoms with Gasteiger partial charge < -0.3 is 20.1 Å². The van der Waals surface area contributed by atoms with Gasteiger partial charge in [-0.25, -0.2) is 0 Å². The second-order valence-corrected chi connectivity index (χ2v) is 5.63. The Balaban J connectivity index is 2.37. The minimum Gasteiger partial charge on any atom is -0.504 e. The lowest BCUT2D eigenvalue weighted by molar-refractivity contribution is -0.137. The summed E-state index contributed by atoms with van der Waals surface area (Å²) in [5, 5.41) is 13.1. The molecule has 2 N–H and O–H groups in total. The number of rotatable bonds is 6. The van der Waals surface area contributed by atoms with E-state index >= 15 is 0 Å². The van der Waals surface area contributed by atoms with Gasteiger partial charge in [0.25, 0.3) is 0 Å². The molecule has 1 saturated heterocycles. The van der Waals surface area contributed by atoms with E-state index in [-0.39, 0.29) is 17.7 Å². The van der Waals surface area contributed by atoms with E-state index in [0.717, 1.165) is 31.7 Å². The number of amides is 1. The van der Waals surface area contributed by atoms with Gasteiger partial charge in [-0.05, 0) is 31.5 Å². The Morgan fingerprint density at radius 1 is 1.35 bits per heavy atom. The van der Waals surface area contributed by atoms with Gasteiger partial charge in [-0.2, -0.15) is 0 Å². The number of phenols is 1. The molecule has 2 rings (SSSR count). The van der Waals surface area contributed by atoms with Gasteiger partial charge in [-0.15, -0.1) is 0 Å². The van der Waals surface area contributed by atoms with E-state index in [0.29, 0.717) is 18.8 Å². The van der Waals surface area contributed by atoms with Crippen LogP contribution in [0.25, 0.3) is 0 Å². The van der Waals surface area contributed by atoms with Crippen molar-refractivity contribution in [3.63, 3.8) is 0 Å². The van der Waals surface area contributed by atoms with Gasteiger partial charge in [0.15, 0.2) is 11.5 Å². The number of carbonyl (C=O) groups is 1. The average molecular weight is 321 g/mol. The zero-order chi connectivity index (χ0) is 16.8. The molecule has 0 aliphatic carbocycles. The number of phenolic OH excluding ortho intramolecular Hbond substituents is 1. The highest BCUT2D eigenvalue weighted by molar-refractivity contribution is 5.83. The Labute approximate surface area is 138 Å². The molecule has 1 atom stereocenters. The highest BCUT2D eigenvalue weighted by Crippen LogP contribution is 2.32. The number of methoxy groups -OCH3 is 1. The molecule has 0 saturated carbocycles. The van der Waals surface area contributed by atoms with Crippen molar-refractivity contribution in [2.75, 3.05) is 46.4 Å². The van der Waals surface area contributed by atoms with E-state index < -0.39 is 0 Å². The van der Waals surface area contributed by atoms with Gasteiger partial charge in [0.2, 0.25) is 5.91 Å². The second-order valence-electron chi connectivity index (χ2n) is 5.63. The smallest absolute Gasteiger partial charge is 0.244 e. The van der Waals surface area contributed by atoms with Crippen molar-refractivity contribution < 1.29 is 14.6 Å². The van der Waals surface area contributed by atoms with Gasteiger partial charge in [0, 0.05) is 39.3 Å². The minimum absolute atomic E-state index is 0.0885. The molecule has 6 heteroatoms. The van der Waals surface area contributed by atoms with E-state index in [1.807, 2.05) is 24.8 Å². The first-order valence-electron chi connectivity index (χ1n) is 8.22. The molecule has 1 aromatic rings. The molecular weight excluding hydrogens is 294 g/mol. The molecule has 0 bridgehead atoms. The van der Waals surface area contributed by atoms with Crippen LogP contribution in [0.5, 0.6) is 11.5 Å². The van der Waals surface area contributed by atoms with E-state index in [9.17, 15) is 9.90 Å². The molecule has 1 unspecified atom stereocenters. The first-order chi connectivity index (χ1) is 11.1. The number of likely N-dealkylation sites (N-methyl/N-ethyl adjacent to an activating group) is 1. The van der Waals surface area contributed by atoms with Crippen molar-refractivity contribution in [3.8, 4) is 11.5 Å². The third-order valence-electron chi connectivity index (χ3n) is 4.35. The summed E-state index contributed by atoms with van der Waals surface area (Å²) in [4.78, 5) is 17.1. The third kappa shape index (κ3) is 3.95. The standard InChI is InChI=1S/C17H27N3O3/c1-4-19(5-2)17(22)16(20-10-8-18-9-11-20)13-6-7-14(21)15(12-13)23-3/h6-7,12,16,18,21H,4-5,8-11H2,1-3H3. The summed E-state index contributed by atoms with van der Waals surface area (Å²) in [6.45, 7) is 8.75. The summed E-state index contributed by atoms with van der Waals surface area (Å²) < 4.78 is 5.21. The largest absolute Gasteiger partial charge is 0.504 e. The zero-order valence-electron chi connectivity index (χ0n) is 14.2. The summed E-state index contributed by atoms with van der Waals surface area (Å²) in [6, 6.07) is 4.83. The number of piperazine rings is 1. The van der Waals surface area contributed by atoms with Crippen LogP contribution < -0.4 is 10.1 Å². The Morgan fingerprint density at radius 3 is 2.57 bits per heavy atom. The average Bonchev–Trinajstić information content (AvgIpc) is 2.58. The summed E-state index contributed by atoms with van der Waals surface area (Å²) in [6.07, 6.45) is 0. The molecule has 1 heterocycles. The summed E-state index contributed by atoms with van der Waals surface area (Å²) in [5.41, 5.74) is 0.860. The third-order valence-corrected chi connectivity index (χ3v) is 4.35. The molecule has 0 radical (unpaired) electrons. The predicted octanol–water partition coefficient (Wildman–Crippen LogP) is 1.22. The van der Waals surface area contributed by atoms with E-state index in [4.69, 9.17) is 4.74 Å². The summed E-state index contributed by atoms with van der Waals surface area (Å²) in [5.74, 6) is 0.588. The minimum atomic E-state index is -0.341. The van der Waals surface area contributed by atoms with E-state index in [1.165, 1.54) is 7.11 Å². The molecule has 1 aliphatic rings. The summed E-state index contributed by atoms with van der Waals surface area (Å²) >= 11 is 0. The maximum atomic E-state index is 13.1. The van der Waals surface area contributed by atoms with Crippen molar-refractivity contribution in [2.45, 2.75) is 19.9 Å². The van der Waals surface area contributed by atoms with E-state index in [1.54, 1.807) is 12.1 Å². The molecule has 1 fully saturated rings. The maximum absolute atomic E-state index is 13.1. The van der Waals surface area contributed by atoms with Crippen molar-refractivity contribution in [3.05, 3.63) is 23.8 Å². The Bertz CT molecular complexity index is 526. The van der Waals surface area contributed by atoms with Gasteiger partial charge in [0.1, 0.15) is 6.04 Å². The molecule has 1 aliphatic heterocycles. The molecule has 0 spiro atoms. The topological polar surface area (TPSA) is 65.0 Å². The lowest BCUT2D eigenvalue weighted by atomic mass is 10.0. The van der Waals surface area contributed by atoms with Crippen LogP contribution in [0.3, 0.4) is 0 Å². The number of ether oxygens (including phenoxy) is 1. The molecule has 6 nitrogen and oxygen atoms in total. The highest BCUT2D eigenvalue weighted by Gasteiger charge is 2.31. The molecule has 23 heavy (non-hydrogen) atoms. The lowest BCUT2D eigenvalue weighted by Gasteiger charge is -2.36. The van der Waals surface area contributed by atoms with Crippen LogP contribution in [-0.2, 0) is 4.79 Å². The number of nitrogens with one attached hydrogen (secondary N) is 1. The number of benzene rings is 1. The quantitative estimate of drug-likeness (QED) is 0.825. The Morgan fingerprint density at radius 2 is 2.00 bits per heavy atom. The SMILES string of the molecule is CCN(CC)C(=O)C(c1ccc(O)c(OC)c1)N1CCNCC1. The lowest BCUT2D eigenvalue weighted by Crippen LogP contribution is -2.50. The number of nitrogens with zero attached hydrogens (tertiary/aromatic N) is 2. The monoisotopic (exact) mass is 321 g/mol. The molecule has 0 aromatic heterocycles. The number of hydrogen-bond acceptors (Lipinski definition) is 5. The highest BCUT2D eigenvalue weighted by atomic mass is 16.5. The van der Waals surface area contributed by atoms with Gasteiger partial charge in [-0.1, -0.05) is 6.07 Å². The van der Waals surface area contributed by atoms with Crippen LogP contribution >= 0.6 is 0 Å². The summed E-state index contributed by atoms with van der Waals surface area (Å²) in [7, 11) is 1.52. The number of hydrogen-bond donors (Lipinski definition) is 2. The van der Waals surface area contributed by atoms with Crippen LogP contribution in [0.1, 0.15) is 25.5 Å². The van der Waals surface area contributed by atoms with Crippen molar-refractivity contribution in [1.82, 2.24) is 15.1 Å². The van der Waals surface area contributed by atoms with Crippen LogP contribution in [0.15, 0.2) is 18.2 Å². The van der Waals surface area contributed by atoms with E-state index in [2.05, 4.69) is 10.2 Å². The fourth-order valence-electron chi connectivity index (χ4n) is 3.02. The molecule has 128 valence electrons. The van der Waals surface area contributed by atoms with Crippen LogP contribution in [-0.4, -0.2) is 67.2 Å². The predicted molar refractivity (Wildman–Crippen MR) is 89.8 cm³/mol. The van der Waals surface area contributed by atoms with Gasteiger partial charge in [-0.3, -0.25) is 9.69 Å².